The maximum Gasteiger partial charge on any atom is 0.165 e. The molecule has 0 aliphatic carbocycles. The molecule has 66 valence electrons. The molecule has 0 spiro atoms. The highest BCUT2D eigenvalue weighted by Gasteiger charge is 2.06. The van der Waals surface area contributed by atoms with Gasteiger partial charge in [0.2, 0.25) is 0 Å². The average molecular weight is 168 g/mol. The number of rotatable bonds is 2. The van der Waals surface area contributed by atoms with E-state index in [0.717, 1.165) is 5.56 Å². The van der Waals surface area contributed by atoms with Gasteiger partial charge in [-0.3, -0.25) is 0 Å². The first-order valence-electron chi connectivity index (χ1n) is 3.79. The van der Waals surface area contributed by atoms with E-state index >= 15 is 0 Å². The fourth-order valence-corrected chi connectivity index (χ4v) is 1.05. The third kappa shape index (κ3) is 1.68. The summed E-state index contributed by atoms with van der Waals surface area (Å²) in [7, 11) is 0. The fourth-order valence-electron chi connectivity index (χ4n) is 1.05. The van der Waals surface area contributed by atoms with E-state index in [1.165, 1.54) is 12.1 Å². The summed E-state index contributed by atoms with van der Waals surface area (Å²) in [5, 5.41) is 17.7. The number of benzene rings is 1. The van der Waals surface area contributed by atoms with E-state index in [-0.39, 0.29) is 11.7 Å². The summed E-state index contributed by atoms with van der Waals surface area (Å²) in [5.74, 6) is 0.780. The van der Waals surface area contributed by atoms with Gasteiger partial charge in [-0.25, -0.2) is 5.26 Å². The number of aromatic hydroxyl groups is 1. The summed E-state index contributed by atoms with van der Waals surface area (Å²) in [4.78, 5) is 4.05. The Labute approximate surface area is 71.2 Å². The Morgan fingerprint density at radius 2 is 2.00 bits per heavy atom. The number of hydrogen-bond donors (Lipinski definition) is 2. The van der Waals surface area contributed by atoms with Crippen LogP contribution in [0.3, 0.4) is 0 Å². The Morgan fingerprint density at radius 1 is 1.33 bits per heavy atom. The molecule has 1 aromatic rings. The maximum atomic E-state index is 9.36. The Balaban J connectivity index is 3.08. The van der Waals surface area contributed by atoms with E-state index in [1.54, 1.807) is 6.07 Å². The van der Waals surface area contributed by atoms with Crippen LogP contribution < -0.4 is 4.89 Å². The van der Waals surface area contributed by atoms with Crippen molar-refractivity contribution in [3.05, 3.63) is 23.8 Å². The Morgan fingerprint density at radius 3 is 2.50 bits per heavy atom. The average Bonchev–Trinajstić information content (AvgIpc) is 2.05. The third-order valence-electron chi connectivity index (χ3n) is 1.73. The van der Waals surface area contributed by atoms with Crippen molar-refractivity contribution >= 4 is 0 Å². The van der Waals surface area contributed by atoms with Crippen molar-refractivity contribution in [1.82, 2.24) is 0 Å². The molecule has 3 nitrogen and oxygen atoms in total. The second-order valence-electron chi connectivity index (χ2n) is 2.97. The fraction of sp³-hybridized carbons (Fsp3) is 0.333. The summed E-state index contributed by atoms with van der Waals surface area (Å²) in [6.45, 7) is 3.91. The van der Waals surface area contributed by atoms with E-state index in [0.29, 0.717) is 5.75 Å². The summed E-state index contributed by atoms with van der Waals surface area (Å²) < 4.78 is 0. The van der Waals surface area contributed by atoms with Crippen LogP contribution in [0.1, 0.15) is 25.3 Å². The molecule has 0 saturated heterocycles. The highest BCUT2D eigenvalue weighted by Crippen LogP contribution is 2.28. The molecule has 0 aliphatic rings. The molecule has 0 unspecified atom stereocenters. The van der Waals surface area contributed by atoms with Gasteiger partial charge < -0.3 is 9.99 Å². The zero-order valence-electron chi connectivity index (χ0n) is 7.11. The van der Waals surface area contributed by atoms with Gasteiger partial charge in [-0.05, 0) is 24.1 Å². The monoisotopic (exact) mass is 168 g/mol. The van der Waals surface area contributed by atoms with Gasteiger partial charge >= 0.3 is 0 Å². The van der Waals surface area contributed by atoms with E-state index in [1.807, 2.05) is 13.8 Å². The molecule has 1 rings (SSSR count). The second kappa shape index (κ2) is 3.45. The third-order valence-corrected chi connectivity index (χ3v) is 1.73. The molecule has 1 aromatic carbocycles. The molecule has 0 aromatic heterocycles. The summed E-state index contributed by atoms with van der Waals surface area (Å²) in [5.41, 5.74) is 0.765. The van der Waals surface area contributed by atoms with Crippen molar-refractivity contribution in [3.8, 4) is 11.5 Å². The first-order chi connectivity index (χ1) is 5.65. The van der Waals surface area contributed by atoms with Gasteiger partial charge in [0, 0.05) is 5.56 Å². The topological polar surface area (TPSA) is 49.7 Å². The summed E-state index contributed by atoms with van der Waals surface area (Å²) in [6.07, 6.45) is 0. The van der Waals surface area contributed by atoms with Crippen molar-refractivity contribution in [2.75, 3.05) is 0 Å². The van der Waals surface area contributed by atoms with Gasteiger partial charge in [-0.2, -0.15) is 0 Å². The van der Waals surface area contributed by atoms with E-state index in [2.05, 4.69) is 4.89 Å². The summed E-state index contributed by atoms with van der Waals surface area (Å²) in [6, 6.07) is 4.61. The van der Waals surface area contributed by atoms with Gasteiger partial charge in [-0.15, -0.1) is 0 Å². The van der Waals surface area contributed by atoms with Crippen LogP contribution in [0.4, 0.5) is 0 Å². The number of phenols is 1. The molecule has 0 saturated carbocycles. The zero-order chi connectivity index (χ0) is 9.14. The van der Waals surface area contributed by atoms with E-state index in [9.17, 15) is 5.11 Å². The molecule has 0 bridgehead atoms. The van der Waals surface area contributed by atoms with Crippen LogP contribution >= 0.6 is 0 Å². The normalized spacial score (nSPS) is 10.3. The second-order valence-corrected chi connectivity index (χ2v) is 2.97. The molecule has 0 radical (unpaired) electrons. The van der Waals surface area contributed by atoms with Crippen LogP contribution in [-0.2, 0) is 0 Å². The lowest BCUT2D eigenvalue weighted by Gasteiger charge is -2.08. The van der Waals surface area contributed by atoms with Crippen LogP contribution in [0.25, 0.3) is 0 Å². The highest BCUT2D eigenvalue weighted by molar-refractivity contribution is 5.40. The molecule has 12 heavy (non-hydrogen) atoms. The predicted octanol–water partition coefficient (Wildman–Crippen LogP) is 2.37. The largest absolute Gasteiger partial charge is 0.508 e. The SMILES string of the molecule is CC(C)c1cc(OO)ccc1O. The van der Waals surface area contributed by atoms with Gasteiger partial charge in [0.05, 0.1) is 0 Å². The lowest BCUT2D eigenvalue weighted by Crippen LogP contribution is -1.90. The quantitative estimate of drug-likeness (QED) is 0.526. The molecule has 0 atom stereocenters. The van der Waals surface area contributed by atoms with Crippen LogP contribution in [0.2, 0.25) is 0 Å². The Bertz CT molecular complexity index is 268. The van der Waals surface area contributed by atoms with E-state index in [4.69, 9.17) is 5.26 Å². The summed E-state index contributed by atoms with van der Waals surface area (Å²) >= 11 is 0. The van der Waals surface area contributed by atoms with Crippen molar-refractivity contribution < 1.29 is 15.3 Å². The minimum atomic E-state index is 0.208. The Kier molecular flexibility index (Phi) is 2.55. The van der Waals surface area contributed by atoms with E-state index < -0.39 is 0 Å². The first-order valence-corrected chi connectivity index (χ1v) is 3.79. The lowest BCUT2D eigenvalue weighted by atomic mass is 10.0. The molecule has 0 aliphatic heterocycles. The maximum absolute atomic E-state index is 9.36. The van der Waals surface area contributed by atoms with Crippen LogP contribution in [-0.4, -0.2) is 10.4 Å². The van der Waals surface area contributed by atoms with Crippen molar-refractivity contribution in [3.63, 3.8) is 0 Å². The van der Waals surface area contributed by atoms with Gasteiger partial charge in [0.25, 0.3) is 0 Å². The molecular weight excluding hydrogens is 156 g/mol. The Hall–Kier alpha value is -1.22. The van der Waals surface area contributed by atoms with Gasteiger partial charge in [0.15, 0.2) is 5.75 Å². The first kappa shape index (κ1) is 8.87. The standard InChI is InChI=1S/C9H12O3/c1-6(2)8-5-7(12-11)3-4-9(8)10/h3-6,10-11H,1-2H3. The minimum Gasteiger partial charge on any atom is -0.508 e. The lowest BCUT2D eigenvalue weighted by molar-refractivity contribution is -0.137. The van der Waals surface area contributed by atoms with Crippen LogP contribution in [0.5, 0.6) is 11.5 Å². The van der Waals surface area contributed by atoms with Gasteiger partial charge in [-0.1, -0.05) is 13.8 Å². The van der Waals surface area contributed by atoms with Crippen LogP contribution in [0.15, 0.2) is 18.2 Å². The minimum absolute atomic E-state index is 0.208. The number of phenolic OH excluding ortho intramolecular Hbond substituents is 1. The smallest absolute Gasteiger partial charge is 0.165 e. The van der Waals surface area contributed by atoms with Crippen LogP contribution in [0, 0.1) is 0 Å². The van der Waals surface area contributed by atoms with Crippen molar-refractivity contribution in [1.29, 1.82) is 0 Å². The molecule has 3 heteroatoms. The van der Waals surface area contributed by atoms with Crippen molar-refractivity contribution in [2.24, 2.45) is 0 Å². The molecular formula is C9H12O3. The molecule has 0 amide bonds. The zero-order valence-corrected chi connectivity index (χ0v) is 7.11. The number of hydrogen-bond acceptors (Lipinski definition) is 3. The predicted molar refractivity (Wildman–Crippen MR) is 45.5 cm³/mol. The van der Waals surface area contributed by atoms with Crippen molar-refractivity contribution in [2.45, 2.75) is 19.8 Å². The van der Waals surface area contributed by atoms with Gasteiger partial charge in [0.1, 0.15) is 5.75 Å². The molecule has 2 N–H and O–H groups in total. The highest BCUT2D eigenvalue weighted by atomic mass is 17.1. The molecule has 0 fully saturated rings. The molecule has 0 heterocycles.